The number of rotatable bonds is 0. The molecule has 0 fully saturated rings. The number of hydrogen-bond acceptors (Lipinski definition) is 4. The Labute approximate surface area is 38.1 Å². The molecule has 0 amide bonds. The van der Waals surface area contributed by atoms with Gasteiger partial charge in [0, 0.05) is 0 Å². The second-order valence-corrected chi connectivity index (χ2v) is 0.805. The van der Waals surface area contributed by atoms with Crippen LogP contribution >= 0.6 is 17.7 Å². The molecule has 4 nitrogen and oxygen atoms in total. The lowest BCUT2D eigenvalue weighted by Crippen LogP contribution is -1.54. The predicted molar refractivity (Wildman–Crippen MR) is 24.0 cm³/mol. The van der Waals surface area contributed by atoms with Crippen molar-refractivity contribution in [3.8, 4) is 0 Å². The highest BCUT2D eigenvalue weighted by Crippen LogP contribution is 2.11. The molecule has 0 aromatic rings. The van der Waals surface area contributed by atoms with Crippen molar-refractivity contribution >= 4 is 17.7 Å². The molecule has 0 spiro atoms. The lowest BCUT2D eigenvalue weighted by atomic mass is 15.8. The van der Waals surface area contributed by atoms with Gasteiger partial charge in [0.05, 0.1) is 0 Å². The van der Waals surface area contributed by atoms with Crippen LogP contribution in [0.1, 0.15) is 0 Å². The molecule has 0 aromatic carbocycles. The first-order chi connectivity index (χ1) is 2.73. The van der Waals surface area contributed by atoms with E-state index in [-0.39, 0.29) is 0 Å². The maximum atomic E-state index is 8.17. The SMILES string of the molecule is O=[PH2+].OP(O)O. The van der Waals surface area contributed by atoms with E-state index in [1.54, 1.807) is 0 Å². The maximum Gasteiger partial charge on any atom is 0.324 e. The molecule has 1 unspecified atom stereocenters. The fourth-order valence-electron chi connectivity index (χ4n) is 0. The van der Waals surface area contributed by atoms with E-state index in [4.69, 9.17) is 19.2 Å². The average molecular weight is 131 g/mol. The van der Waals surface area contributed by atoms with Crippen LogP contribution in [0.3, 0.4) is 0 Å². The summed E-state index contributed by atoms with van der Waals surface area (Å²) < 4.78 is 8.17. The van der Waals surface area contributed by atoms with Gasteiger partial charge in [-0.25, -0.2) is 0 Å². The van der Waals surface area contributed by atoms with E-state index in [0.717, 1.165) is 0 Å². The van der Waals surface area contributed by atoms with E-state index in [1.165, 1.54) is 9.12 Å². The van der Waals surface area contributed by atoms with Gasteiger partial charge in [-0.1, -0.05) is 4.57 Å². The monoisotopic (exact) mass is 131 g/mol. The fourth-order valence-corrected chi connectivity index (χ4v) is 0. The summed E-state index contributed by atoms with van der Waals surface area (Å²) in [4.78, 5) is 21.7. The van der Waals surface area contributed by atoms with E-state index in [9.17, 15) is 0 Å². The lowest BCUT2D eigenvalue weighted by molar-refractivity contribution is 0.368. The van der Waals surface area contributed by atoms with Gasteiger partial charge in [-0.05, 0) is 0 Å². The second-order valence-electron chi connectivity index (χ2n) is 0.268. The third-order valence-electron chi connectivity index (χ3n) is 0. The molecule has 0 aliphatic heterocycles. The molecule has 38 valence electrons. The summed E-state index contributed by atoms with van der Waals surface area (Å²) in [6.07, 6.45) is 0. The highest BCUT2D eigenvalue weighted by Gasteiger charge is 1.76. The third kappa shape index (κ3) is 305. The van der Waals surface area contributed by atoms with Gasteiger partial charge >= 0.3 is 17.7 Å². The zero-order chi connectivity index (χ0) is 5.58. The van der Waals surface area contributed by atoms with Crippen molar-refractivity contribution in [1.29, 1.82) is 0 Å². The van der Waals surface area contributed by atoms with Crippen LogP contribution < -0.4 is 0 Å². The van der Waals surface area contributed by atoms with Crippen LogP contribution in [0, 0.1) is 0 Å². The summed E-state index contributed by atoms with van der Waals surface area (Å²) in [5.41, 5.74) is 0. The Morgan fingerprint density at radius 2 is 1.17 bits per heavy atom. The van der Waals surface area contributed by atoms with Gasteiger partial charge in [0.1, 0.15) is 0 Å². The summed E-state index contributed by atoms with van der Waals surface area (Å²) in [7, 11) is -1.45. The minimum absolute atomic E-state index is 1.17. The minimum Gasteiger partial charge on any atom is -0.328 e. The third-order valence-corrected chi connectivity index (χ3v) is 0. The highest BCUT2D eigenvalue weighted by molar-refractivity contribution is 7.38. The van der Waals surface area contributed by atoms with Crippen molar-refractivity contribution < 1.29 is 19.2 Å². The molecule has 0 saturated carbocycles. The quantitative estimate of drug-likeness (QED) is 0.383. The van der Waals surface area contributed by atoms with Crippen LogP contribution in [-0.2, 0) is 4.57 Å². The van der Waals surface area contributed by atoms with E-state index in [0.29, 0.717) is 0 Å². The molecular formula is H5O4P2+. The lowest BCUT2D eigenvalue weighted by Gasteiger charge is -1.76. The van der Waals surface area contributed by atoms with Crippen LogP contribution in [0.5, 0.6) is 0 Å². The van der Waals surface area contributed by atoms with Crippen molar-refractivity contribution in [2.45, 2.75) is 0 Å². The standard InChI is InChI=1S/H3O3P.H2OP/c1-4(2)3;1-2/h1-3H;2H2/q;+1. The summed E-state index contributed by atoms with van der Waals surface area (Å²) in [5.74, 6) is 0. The highest BCUT2D eigenvalue weighted by atomic mass is 31.2. The van der Waals surface area contributed by atoms with Gasteiger partial charge in [0.25, 0.3) is 0 Å². The fraction of sp³-hybridized carbons (Fsp3) is 0. The molecule has 0 radical (unpaired) electrons. The van der Waals surface area contributed by atoms with E-state index in [2.05, 4.69) is 0 Å². The zero-order valence-corrected chi connectivity index (χ0v) is 4.82. The van der Waals surface area contributed by atoms with Gasteiger partial charge < -0.3 is 14.7 Å². The second kappa shape index (κ2) is 9.05. The Balaban J connectivity index is 0. The summed E-state index contributed by atoms with van der Waals surface area (Å²) in [6.45, 7) is 0. The van der Waals surface area contributed by atoms with Crippen LogP contribution in [0.4, 0.5) is 0 Å². The van der Waals surface area contributed by atoms with Gasteiger partial charge in [-0.2, -0.15) is 0 Å². The molecule has 0 aliphatic carbocycles. The first-order valence-corrected chi connectivity index (χ1v) is 2.51. The predicted octanol–water partition coefficient (Wildman–Crippen LogP) is -0.603. The molecule has 3 N–H and O–H groups in total. The Morgan fingerprint density at radius 1 is 1.17 bits per heavy atom. The zero-order valence-electron chi connectivity index (χ0n) is 2.77. The minimum atomic E-state index is -2.62. The Morgan fingerprint density at radius 3 is 1.17 bits per heavy atom. The molecule has 6 heavy (non-hydrogen) atoms. The van der Waals surface area contributed by atoms with E-state index in [1.807, 2.05) is 0 Å². The largest absolute Gasteiger partial charge is 0.328 e. The molecule has 1 atom stereocenters. The summed E-state index contributed by atoms with van der Waals surface area (Å²) in [6, 6.07) is 0. The smallest absolute Gasteiger partial charge is 0.324 e. The van der Waals surface area contributed by atoms with E-state index < -0.39 is 8.60 Å². The van der Waals surface area contributed by atoms with E-state index >= 15 is 0 Å². The molecule has 0 heterocycles. The van der Waals surface area contributed by atoms with Crippen LogP contribution in [0.25, 0.3) is 0 Å². The average Bonchev–Trinajstić information content (AvgIpc) is 1.41. The van der Waals surface area contributed by atoms with Crippen LogP contribution in [0.15, 0.2) is 0 Å². The molecule has 0 rings (SSSR count). The van der Waals surface area contributed by atoms with Crippen molar-refractivity contribution in [2.75, 3.05) is 0 Å². The maximum absolute atomic E-state index is 8.17. The summed E-state index contributed by atoms with van der Waals surface area (Å²) >= 11 is 0. The normalized spacial score (nSPS) is 6.67. The number of hydrogen-bond donors (Lipinski definition) is 3. The molecule has 0 aromatic heterocycles. The first kappa shape index (κ1) is 9.65. The molecular weight excluding hydrogens is 126 g/mol. The summed E-state index contributed by atoms with van der Waals surface area (Å²) in [5, 5.41) is 0. The molecule has 0 bridgehead atoms. The molecule has 6 heteroatoms. The Kier molecular flexibility index (Phi) is 14.5. The molecule has 0 aliphatic rings. The van der Waals surface area contributed by atoms with Gasteiger partial charge in [-0.3, -0.25) is 0 Å². The topological polar surface area (TPSA) is 77.8 Å². The van der Waals surface area contributed by atoms with Gasteiger partial charge in [0.15, 0.2) is 0 Å². The van der Waals surface area contributed by atoms with Crippen LogP contribution in [-0.4, -0.2) is 14.7 Å². The van der Waals surface area contributed by atoms with Crippen molar-refractivity contribution in [1.82, 2.24) is 0 Å². The van der Waals surface area contributed by atoms with Gasteiger partial charge in [0.2, 0.25) is 0 Å². The van der Waals surface area contributed by atoms with Crippen molar-refractivity contribution in [3.63, 3.8) is 0 Å². The van der Waals surface area contributed by atoms with Crippen LogP contribution in [0.2, 0.25) is 0 Å². The van der Waals surface area contributed by atoms with Crippen molar-refractivity contribution in [3.05, 3.63) is 0 Å². The van der Waals surface area contributed by atoms with Gasteiger partial charge in [-0.15, -0.1) is 0 Å². The first-order valence-electron chi connectivity index (χ1n) is 0.836. The van der Waals surface area contributed by atoms with Crippen molar-refractivity contribution in [2.24, 2.45) is 0 Å². The Hall–Kier alpha value is 0.410. The Bertz CT molecular complexity index is 16.8. The molecule has 0 saturated heterocycles.